The minimum absolute atomic E-state index is 0. The monoisotopic (exact) mass is 226 g/mol. The van der Waals surface area contributed by atoms with Crippen molar-refractivity contribution >= 4 is 0 Å². The average Bonchev–Trinajstić information content (AvgIpc) is 2.04. The Labute approximate surface area is 83.7 Å². The van der Waals surface area contributed by atoms with Gasteiger partial charge in [-0.3, -0.25) is 0 Å². The first-order chi connectivity index (χ1) is 5.36. The highest BCUT2D eigenvalue weighted by molar-refractivity contribution is 5.30. The van der Waals surface area contributed by atoms with Gasteiger partial charge in [0.1, 0.15) is 0 Å². The fraction of sp³-hybridized carbons (Fsp3) is 0.400. The molecule has 1 nitrogen and oxygen atoms in total. The van der Waals surface area contributed by atoms with E-state index in [1.165, 1.54) is 11.1 Å². The van der Waals surface area contributed by atoms with Gasteiger partial charge in [-0.25, -0.2) is 0 Å². The van der Waals surface area contributed by atoms with Crippen LogP contribution >= 0.6 is 0 Å². The smallest absolute Gasteiger partial charge is 0.00825 e. The number of fused-ring (bicyclic) bond motifs is 1. The number of hydrogen-bond acceptors (Lipinski definition) is 1. The van der Waals surface area contributed by atoms with Crippen LogP contribution in [-0.4, -0.2) is 6.04 Å². The molecule has 2 N–H and O–H groups in total. The Balaban J connectivity index is 0.000000720. The van der Waals surface area contributed by atoms with Crippen molar-refractivity contribution in [1.29, 1.82) is 0 Å². The first kappa shape index (κ1) is 9.75. The van der Waals surface area contributed by atoms with Crippen molar-refractivity contribution in [3.8, 4) is 0 Å². The molecule has 1 aliphatic carbocycles. The van der Waals surface area contributed by atoms with Gasteiger partial charge in [-0.1, -0.05) is 24.3 Å². The van der Waals surface area contributed by atoms with Gasteiger partial charge in [0.15, 0.2) is 0 Å². The highest BCUT2D eigenvalue weighted by atomic mass is 79.9. The third-order valence-corrected chi connectivity index (χ3v) is 2.38. The second-order valence-electron chi connectivity index (χ2n) is 3.27. The molecule has 0 amide bonds. The van der Waals surface area contributed by atoms with E-state index in [0.717, 1.165) is 19.3 Å². The van der Waals surface area contributed by atoms with E-state index in [9.17, 15) is 0 Å². The van der Waals surface area contributed by atoms with Gasteiger partial charge in [-0.15, -0.1) is 0 Å². The standard InChI is InChI=1S/C10H13N.BrH/c11-10-6-5-8-3-1-2-4-9(8)7-10;/h1-4,10H,5-7,11H2;1H/p-1. The van der Waals surface area contributed by atoms with Crippen LogP contribution in [-0.2, 0) is 12.8 Å². The van der Waals surface area contributed by atoms with Crippen molar-refractivity contribution in [3.63, 3.8) is 0 Å². The summed E-state index contributed by atoms with van der Waals surface area (Å²) < 4.78 is 0. The molecule has 0 saturated carbocycles. The van der Waals surface area contributed by atoms with E-state index in [1.54, 1.807) is 0 Å². The number of aryl methyl sites for hydroxylation is 1. The van der Waals surface area contributed by atoms with Crippen LogP contribution in [0.25, 0.3) is 0 Å². The molecule has 2 rings (SSSR count). The Kier molecular flexibility index (Phi) is 3.29. The van der Waals surface area contributed by atoms with Gasteiger partial charge >= 0.3 is 0 Å². The highest BCUT2D eigenvalue weighted by Crippen LogP contribution is 2.19. The van der Waals surface area contributed by atoms with Crippen LogP contribution in [0, 0.1) is 0 Å². The summed E-state index contributed by atoms with van der Waals surface area (Å²) >= 11 is 0. The maximum absolute atomic E-state index is 5.85. The van der Waals surface area contributed by atoms with Gasteiger partial charge in [-0.05, 0) is 30.4 Å². The molecule has 0 aromatic heterocycles. The largest absolute Gasteiger partial charge is 1.00 e. The van der Waals surface area contributed by atoms with Gasteiger partial charge in [-0.2, -0.15) is 0 Å². The zero-order valence-corrected chi connectivity index (χ0v) is 8.55. The second kappa shape index (κ2) is 4.06. The molecule has 0 fully saturated rings. The molecule has 1 aliphatic rings. The third kappa shape index (κ3) is 1.87. The Morgan fingerprint density at radius 3 is 2.58 bits per heavy atom. The van der Waals surface area contributed by atoms with Crippen LogP contribution in [0.2, 0.25) is 0 Å². The van der Waals surface area contributed by atoms with Crippen molar-refractivity contribution in [2.75, 3.05) is 0 Å². The summed E-state index contributed by atoms with van der Waals surface area (Å²) in [5.41, 5.74) is 8.79. The fourth-order valence-corrected chi connectivity index (χ4v) is 1.73. The average molecular weight is 227 g/mol. The molecule has 12 heavy (non-hydrogen) atoms. The van der Waals surface area contributed by atoms with Crippen LogP contribution in [0.4, 0.5) is 0 Å². The molecule has 0 bridgehead atoms. The van der Waals surface area contributed by atoms with Gasteiger partial charge in [0.2, 0.25) is 0 Å². The molecule has 1 aromatic carbocycles. The third-order valence-electron chi connectivity index (χ3n) is 2.38. The lowest BCUT2D eigenvalue weighted by atomic mass is 9.89. The highest BCUT2D eigenvalue weighted by Gasteiger charge is 2.13. The normalized spacial score (nSPS) is 20.9. The number of hydrogen-bond donors (Lipinski definition) is 1. The molecule has 1 unspecified atom stereocenters. The predicted octanol–water partition coefficient (Wildman–Crippen LogP) is -1.49. The van der Waals surface area contributed by atoms with Crippen molar-refractivity contribution in [3.05, 3.63) is 35.4 Å². The maximum Gasteiger partial charge on any atom is 0.00825 e. The zero-order valence-electron chi connectivity index (χ0n) is 6.96. The molecule has 0 aliphatic heterocycles. The molecule has 0 heterocycles. The summed E-state index contributed by atoms with van der Waals surface area (Å²) in [5.74, 6) is 0. The number of rotatable bonds is 0. The first-order valence-electron chi connectivity index (χ1n) is 4.18. The molecule has 0 radical (unpaired) electrons. The molecule has 0 saturated heterocycles. The number of benzene rings is 1. The second-order valence-corrected chi connectivity index (χ2v) is 3.27. The fourth-order valence-electron chi connectivity index (χ4n) is 1.73. The number of nitrogens with two attached hydrogens (primary N) is 1. The van der Waals surface area contributed by atoms with Crippen molar-refractivity contribution in [2.24, 2.45) is 5.73 Å². The number of halogens is 1. The first-order valence-corrected chi connectivity index (χ1v) is 4.18. The molecule has 1 aromatic rings. The van der Waals surface area contributed by atoms with Gasteiger partial charge in [0.05, 0.1) is 0 Å². The maximum atomic E-state index is 5.85. The van der Waals surface area contributed by atoms with E-state index < -0.39 is 0 Å². The van der Waals surface area contributed by atoms with Gasteiger partial charge in [0.25, 0.3) is 0 Å². The summed E-state index contributed by atoms with van der Waals surface area (Å²) in [4.78, 5) is 0. The summed E-state index contributed by atoms with van der Waals surface area (Å²) in [7, 11) is 0. The van der Waals surface area contributed by atoms with Crippen molar-refractivity contribution < 1.29 is 17.0 Å². The topological polar surface area (TPSA) is 26.0 Å². The van der Waals surface area contributed by atoms with E-state index in [4.69, 9.17) is 5.73 Å². The minimum Gasteiger partial charge on any atom is -1.00 e. The van der Waals surface area contributed by atoms with Gasteiger partial charge < -0.3 is 22.7 Å². The Morgan fingerprint density at radius 2 is 1.83 bits per heavy atom. The molecule has 0 spiro atoms. The van der Waals surface area contributed by atoms with Crippen molar-refractivity contribution in [2.45, 2.75) is 25.3 Å². The van der Waals surface area contributed by atoms with Crippen LogP contribution in [0.3, 0.4) is 0 Å². The van der Waals surface area contributed by atoms with E-state index in [2.05, 4.69) is 24.3 Å². The van der Waals surface area contributed by atoms with Gasteiger partial charge in [0, 0.05) is 6.04 Å². The Morgan fingerprint density at radius 1 is 1.17 bits per heavy atom. The quantitative estimate of drug-likeness (QED) is 0.574. The summed E-state index contributed by atoms with van der Waals surface area (Å²) in [5, 5.41) is 0. The van der Waals surface area contributed by atoms with Crippen LogP contribution in [0.15, 0.2) is 24.3 Å². The predicted molar refractivity (Wildman–Crippen MR) is 46.4 cm³/mol. The van der Waals surface area contributed by atoms with E-state index in [1.807, 2.05) is 0 Å². The van der Waals surface area contributed by atoms with Crippen LogP contribution < -0.4 is 22.7 Å². The summed E-state index contributed by atoms with van der Waals surface area (Å²) in [6, 6.07) is 8.99. The Hall–Kier alpha value is -0.340. The summed E-state index contributed by atoms with van der Waals surface area (Å²) in [6.07, 6.45) is 3.38. The molecular weight excluding hydrogens is 214 g/mol. The lowest BCUT2D eigenvalue weighted by molar-refractivity contribution is -0.00000242. The van der Waals surface area contributed by atoms with Crippen molar-refractivity contribution in [1.82, 2.24) is 0 Å². The minimum atomic E-state index is 0. The lowest BCUT2D eigenvalue weighted by Crippen LogP contribution is -3.00. The van der Waals surface area contributed by atoms with E-state index in [-0.39, 0.29) is 17.0 Å². The SMILES string of the molecule is NC1CCc2ccccc2C1.[Br-]. The summed E-state index contributed by atoms with van der Waals surface area (Å²) in [6.45, 7) is 0. The molecule has 1 atom stereocenters. The molecule has 66 valence electrons. The van der Waals surface area contributed by atoms with Crippen LogP contribution in [0.1, 0.15) is 17.5 Å². The van der Waals surface area contributed by atoms with Crippen LogP contribution in [0.5, 0.6) is 0 Å². The lowest BCUT2D eigenvalue weighted by Gasteiger charge is -2.20. The Bertz CT molecular complexity index is 260. The molecule has 2 heteroatoms. The zero-order chi connectivity index (χ0) is 7.68. The molecular formula is C10H13BrN-. The van der Waals surface area contributed by atoms with E-state index >= 15 is 0 Å². The van der Waals surface area contributed by atoms with E-state index in [0.29, 0.717) is 6.04 Å².